The van der Waals surface area contributed by atoms with E-state index in [9.17, 15) is 14.7 Å². The van der Waals surface area contributed by atoms with Crippen LogP contribution in [0.4, 0.5) is 4.79 Å². The van der Waals surface area contributed by atoms with E-state index in [1.165, 1.54) is 0 Å². The molecule has 134 valence electrons. The van der Waals surface area contributed by atoms with Crippen molar-refractivity contribution < 1.29 is 19.8 Å². The summed E-state index contributed by atoms with van der Waals surface area (Å²) in [6.45, 7) is 7.01. The van der Waals surface area contributed by atoms with E-state index in [-0.39, 0.29) is 24.7 Å². The van der Waals surface area contributed by atoms with Gasteiger partial charge in [-0.15, -0.1) is 0 Å². The van der Waals surface area contributed by atoms with Crippen LogP contribution in [0.3, 0.4) is 0 Å². The molecule has 0 bridgehead atoms. The summed E-state index contributed by atoms with van der Waals surface area (Å²) in [4.78, 5) is 24.5. The van der Waals surface area contributed by atoms with Crippen molar-refractivity contribution in [3.8, 4) is 0 Å². The molecule has 7 heteroatoms. The number of carbonyl (C=O) groups excluding carboxylic acids is 1. The zero-order valence-corrected chi connectivity index (χ0v) is 14.5. The van der Waals surface area contributed by atoms with Crippen LogP contribution in [0.5, 0.6) is 0 Å². The van der Waals surface area contributed by atoms with Crippen molar-refractivity contribution in [2.45, 2.75) is 70.6 Å². The molecule has 0 unspecified atom stereocenters. The minimum Gasteiger partial charge on any atom is -0.480 e. The van der Waals surface area contributed by atoms with Gasteiger partial charge in [-0.1, -0.05) is 20.8 Å². The molecule has 1 aliphatic rings. The molecule has 0 heterocycles. The molecule has 23 heavy (non-hydrogen) atoms. The number of hydrogen-bond donors (Lipinski definition) is 4. The van der Waals surface area contributed by atoms with Crippen LogP contribution in [-0.2, 0) is 4.79 Å². The molecule has 0 atom stereocenters. The second-order valence-electron chi connectivity index (χ2n) is 6.36. The van der Waals surface area contributed by atoms with Gasteiger partial charge in [0.1, 0.15) is 0 Å². The summed E-state index contributed by atoms with van der Waals surface area (Å²) in [5.41, 5.74) is -0.701. The van der Waals surface area contributed by atoms with Gasteiger partial charge in [0.15, 0.2) is 0 Å². The Morgan fingerprint density at radius 3 is 2.30 bits per heavy atom. The summed E-state index contributed by atoms with van der Waals surface area (Å²) in [5.74, 6) is -0.819. The molecule has 1 aliphatic carbocycles. The first kappa shape index (κ1) is 19.7. The fourth-order valence-electron chi connectivity index (χ4n) is 2.93. The lowest BCUT2D eigenvalue weighted by Gasteiger charge is -2.42. The smallest absolute Gasteiger partial charge is 0.317 e. The number of carbonyl (C=O) groups is 2. The van der Waals surface area contributed by atoms with Gasteiger partial charge < -0.3 is 20.8 Å². The predicted octanol–water partition coefficient (Wildman–Crippen LogP) is 1.16. The molecule has 0 aromatic carbocycles. The lowest BCUT2D eigenvalue weighted by atomic mass is 9.85. The van der Waals surface area contributed by atoms with E-state index in [4.69, 9.17) is 5.11 Å². The highest BCUT2D eigenvalue weighted by Crippen LogP contribution is 2.25. The van der Waals surface area contributed by atoms with E-state index in [1.54, 1.807) is 0 Å². The summed E-state index contributed by atoms with van der Waals surface area (Å²) in [6.07, 6.45) is 3.45. The highest BCUT2D eigenvalue weighted by molar-refractivity contribution is 5.74. The summed E-state index contributed by atoms with van der Waals surface area (Å²) < 4.78 is 0. The molecule has 1 fully saturated rings. The number of amides is 2. The number of hydrogen-bond acceptors (Lipinski definition) is 4. The van der Waals surface area contributed by atoms with Crippen molar-refractivity contribution in [2.75, 3.05) is 19.6 Å². The number of likely N-dealkylation sites (N-methyl/N-ethyl adjacent to an activating group) is 1. The first-order valence-corrected chi connectivity index (χ1v) is 8.56. The maximum atomic E-state index is 11.8. The number of nitrogens with one attached hydrogen (secondary N) is 2. The van der Waals surface area contributed by atoms with Crippen LogP contribution in [0.15, 0.2) is 0 Å². The van der Waals surface area contributed by atoms with Crippen molar-refractivity contribution in [1.82, 2.24) is 15.5 Å². The number of urea groups is 1. The highest BCUT2D eigenvalue weighted by Gasteiger charge is 2.34. The van der Waals surface area contributed by atoms with Crippen LogP contribution < -0.4 is 10.6 Å². The number of aliphatic carboxylic acids is 1. The molecule has 0 aromatic heterocycles. The zero-order valence-electron chi connectivity index (χ0n) is 14.5. The third kappa shape index (κ3) is 6.35. The van der Waals surface area contributed by atoms with Crippen molar-refractivity contribution in [3.63, 3.8) is 0 Å². The van der Waals surface area contributed by atoms with Crippen molar-refractivity contribution >= 4 is 12.0 Å². The maximum absolute atomic E-state index is 11.8. The Bertz CT molecular complexity index is 393. The van der Waals surface area contributed by atoms with Gasteiger partial charge in [0.2, 0.25) is 0 Å². The fraction of sp³-hybridized carbons (Fsp3) is 0.875. The van der Waals surface area contributed by atoms with Crippen LogP contribution in [-0.4, -0.2) is 64.4 Å². The number of carboxylic acid groups (broad SMARTS) is 1. The summed E-state index contributed by atoms with van der Waals surface area (Å²) in [5, 5.41) is 24.7. The van der Waals surface area contributed by atoms with Crippen molar-refractivity contribution in [2.24, 2.45) is 0 Å². The van der Waals surface area contributed by atoms with Crippen LogP contribution in [0.1, 0.15) is 52.9 Å². The SMILES string of the molecule is CCN(CC(=O)O)C1CC(NC(=O)NCCC(O)(CC)CC)C1. The van der Waals surface area contributed by atoms with Crippen LogP contribution >= 0.6 is 0 Å². The van der Waals surface area contributed by atoms with E-state index in [2.05, 4.69) is 10.6 Å². The monoisotopic (exact) mass is 329 g/mol. The quantitative estimate of drug-likeness (QED) is 0.482. The van der Waals surface area contributed by atoms with Gasteiger partial charge in [-0.25, -0.2) is 4.79 Å². The molecule has 0 radical (unpaired) electrons. The largest absolute Gasteiger partial charge is 0.480 e. The van der Waals surface area contributed by atoms with Gasteiger partial charge in [-0.3, -0.25) is 9.69 Å². The lowest BCUT2D eigenvalue weighted by molar-refractivity contribution is -0.139. The molecule has 1 saturated carbocycles. The minimum absolute atomic E-state index is 0.0483. The normalized spacial score (nSPS) is 20.9. The highest BCUT2D eigenvalue weighted by atomic mass is 16.4. The molecular formula is C16H31N3O4. The number of aliphatic hydroxyl groups is 1. The Kier molecular flexibility index (Phi) is 7.78. The Morgan fingerprint density at radius 2 is 1.83 bits per heavy atom. The molecule has 1 rings (SSSR count). The van der Waals surface area contributed by atoms with E-state index in [0.29, 0.717) is 32.4 Å². The van der Waals surface area contributed by atoms with E-state index >= 15 is 0 Å². The second-order valence-corrected chi connectivity index (χ2v) is 6.36. The van der Waals surface area contributed by atoms with Gasteiger partial charge in [0, 0.05) is 18.6 Å². The zero-order chi connectivity index (χ0) is 17.5. The Hall–Kier alpha value is -1.34. The van der Waals surface area contributed by atoms with Gasteiger partial charge in [-0.05, 0) is 38.6 Å². The molecule has 0 aliphatic heterocycles. The van der Waals surface area contributed by atoms with Crippen LogP contribution in [0.25, 0.3) is 0 Å². The summed E-state index contributed by atoms with van der Waals surface area (Å²) >= 11 is 0. The number of rotatable bonds is 10. The Morgan fingerprint density at radius 1 is 1.22 bits per heavy atom. The molecule has 7 nitrogen and oxygen atoms in total. The van der Waals surface area contributed by atoms with Gasteiger partial charge >= 0.3 is 12.0 Å². The average molecular weight is 329 g/mol. The molecular weight excluding hydrogens is 298 g/mol. The predicted molar refractivity (Wildman–Crippen MR) is 88.4 cm³/mol. The first-order chi connectivity index (χ1) is 10.8. The second kappa shape index (κ2) is 9.08. The number of carboxylic acids is 1. The molecule has 2 amide bonds. The third-order valence-electron chi connectivity index (χ3n) is 4.90. The first-order valence-electron chi connectivity index (χ1n) is 8.56. The number of nitrogens with zero attached hydrogens (tertiary/aromatic N) is 1. The molecule has 4 N–H and O–H groups in total. The summed E-state index contributed by atoms with van der Waals surface area (Å²) in [7, 11) is 0. The molecule has 0 spiro atoms. The summed E-state index contributed by atoms with van der Waals surface area (Å²) in [6, 6.07) is 0.107. The lowest BCUT2D eigenvalue weighted by Crippen LogP contribution is -2.56. The van der Waals surface area contributed by atoms with Crippen LogP contribution in [0, 0.1) is 0 Å². The molecule has 0 aromatic rings. The fourth-order valence-corrected chi connectivity index (χ4v) is 2.93. The van der Waals surface area contributed by atoms with Crippen LogP contribution in [0.2, 0.25) is 0 Å². The topological polar surface area (TPSA) is 102 Å². The van der Waals surface area contributed by atoms with E-state index < -0.39 is 11.6 Å². The standard InChI is InChI=1S/C16H31N3O4/c1-4-16(23,5-2)7-8-17-15(22)18-12-9-13(10-12)19(6-3)11-14(20)21/h12-13,23H,4-11H2,1-3H3,(H,20,21)(H2,17,18,22). The maximum Gasteiger partial charge on any atom is 0.317 e. The van der Waals surface area contributed by atoms with E-state index in [0.717, 1.165) is 12.8 Å². The van der Waals surface area contributed by atoms with Crippen molar-refractivity contribution in [3.05, 3.63) is 0 Å². The third-order valence-corrected chi connectivity index (χ3v) is 4.90. The minimum atomic E-state index is -0.819. The van der Waals surface area contributed by atoms with Gasteiger partial charge in [0.25, 0.3) is 0 Å². The van der Waals surface area contributed by atoms with Gasteiger partial charge in [0.05, 0.1) is 12.1 Å². The van der Waals surface area contributed by atoms with Crippen molar-refractivity contribution in [1.29, 1.82) is 0 Å². The average Bonchev–Trinajstić information content (AvgIpc) is 2.48. The Balaban J connectivity index is 2.21. The molecule has 0 saturated heterocycles. The Labute approximate surface area is 138 Å². The van der Waals surface area contributed by atoms with Gasteiger partial charge in [-0.2, -0.15) is 0 Å². The van der Waals surface area contributed by atoms with E-state index in [1.807, 2.05) is 25.7 Å².